The molecule has 0 fully saturated rings. The molecule has 0 aliphatic rings. The number of carbonyl (C=O) groups excluding carboxylic acids is 1. The summed E-state index contributed by atoms with van der Waals surface area (Å²) in [4.78, 5) is 12.8. The van der Waals surface area contributed by atoms with Gasteiger partial charge in [-0.2, -0.15) is 0 Å². The van der Waals surface area contributed by atoms with Crippen LogP contribution >= 0.6 is 0 Å². The van der Waals surface area contributed by atoms with Crippen LogP contribution in [0.1, 0.15) is 53.4 Å². The Morgan fingerprint density at radius 3 is 1.85 bits per heavy atom. The van der Waals surface area contributed by atoms with Gasteiger partial charge in [-0.05, 0) is 36.0 Å². The highest BCUT2D eigenvalue weighted by molar-refractivity contribution is 6.10. The monoisotopic (exact) mass is 266 g/mol. The molecule has 0 aromatic heterocycles. The van der Waals surface area contributed by atoms with E-state index in [1.807, 2.05) is 30.3 Å². The summed E-state index contributed by atoms with van der Waals surface area (Å²) in [6, 6.07) is 14.0. The predicted molar refractivity (Wildman–Crippen MR) is 84.5 cm³/mol. The molecule has 0 saturated heterocycles. The maximum Gasteiger partial charge on any atom is 0.193 e. The molecule has 0 spiro atoms. The molecule has 0 atom stereocenters. The van der Waals surface area contributed by atoms with Gasteiger partial charge in [0.15, 0.2) is 5.78 Å². The predicted octanol–water partition coefficient (Wildman–Crippen LogP) is 4.60. The molecule has 0 amide bonds. The third-order valence-electron chi connectivity index (χ3n) is 3.79. The summed E-state index contributed by atoms with van der Waals surface area (Å²) in [5.74, 6) is 0.155. The fourth-order valence-corrected chi connectivity index (χ4v) is 2.63. The summed E-state index contributed by atoms with van der Waals surface area (Å²) in [6.07, 6.45) is 2.81. The summed E-state index contributed by atoms with van der Waals surface area (Å²) < 4.78 is 0. The van der Waals surface area contributed by atoms with Crippen LogP contribution < -0.4 is 0 Å². The van der Waals surface area contributed by atoms with Crippen LogP contribution in [-0.2, 0) is 19.3 Å². The number of rotatable bonds is 5. The Balaban J connectivity index is 2.57. The van der Waals surface area contributed by atoms with Gasteiger partial charge in [-0.25, -0.2) is 0 Å². The van der Waals surface area contributed by atoms with Gasteiger partial charge in [-0.1, -0.05) is 63.2 Å². The Kier molecular flexibility index (Phi) is 4.73. The van der Waals surface area contributed by atoms with Crippen molar-refractivity contribution in [3.8, 4) is 0 Å². The summed E-state index contributed by atoms with van der Waals surface area (Å²) in [6.45, 7) is 6.40. The highest BCUT2D eigenvalue weighted by Gasteiger charge is 2.17. The molecular formula is C19H22O. The van der Waals surface area contributed by atoms with Crippen LogP contribution in [0.15, 0.2) is 42.5 Å². The highest BCUT2D eigenvalue weighted by atomic mass is 16.1. The van der Waals surface area contributed by atoms with Gasteiger partial charge in [0, 0.05) is 11.1 Å². The van der Waals surface area contributed by atoms with Crippen LogP contribution in [0.5, 0.6) is 0 Å². The van der Waals surface area contributed by atoms with E-state index in [-0.39, 0.29) is 5.78 Å². The molecule has 2 aromatic rings. The summed E-state index contributed by atoms with van der Waals surface area (Å²) in [5, 5.41) is 0. The van der Waals surface area contributed by atoms with Crippen LogP contribution in [0, 0.1) is 0 Å². The first-order chi connectivity index (χ1) is 9.71. The van der Waals surface area contributed by atoms with Crippen molar-refractivity contribution in [2.75, 3.05) is 0 Å². The number of carbonyl (C=O) groups is 1. The molecule has 104 valence electrons. The zero-order valence-corrected chi connectivity index (χ0v) is 12.6. The SMILES string of the molecule is CCc1cc(CC)c(C(=O)c2ccccc2)c(CC)c1. The molecule has 2 aromatic carbocycles. The largest absolute Gasteiger partial charge is 0.289 e. The van der Waals surface area contributed by atoms with E-state index in [1.165, 1.54) is 16.7 Å². The Hall–Kier alpha value is -1.89. The number of aryl methyl sites for hydroxylation is 3. The van der Waals surface area contributed by atoms with E-state index in [4.69, 9.17) is 0 Å². The smallest absolute Gasteiger partial charge is 0.193 e. The molecule has 1 nitrogen and oxygen atoms in total. The standard InChI is InChI=1S/C19H22O/c1-4-14-12-15(5-2)18(16(6-3)13-14)19(20)17-10-8-7-9-11-17/h7-13H,4-6H2,1-3H3. The lowest BCUT2D eigenvalue weighted by molar-refractivity contribution is 0.103. The van der Waals surface area contributed by atoms with Crippen molar-refractivity contribution in [1.29, 1.82) is 0 Å². The summed E-state index contributed by atoms with van der Waals surface area (Å²) in [7, 11) is 0. The van der Waals surface area contributed by atoms with Crippen molar-refractivity contribution in [2.45, 2.75) is 40.0 Å². The average molecular weight is 266 g/mol. The molecule has 0 aliphatic carbocycles. The maximum absolute atomic E-state index is 12.8. The molecule has 0 heterocycles. The molecule has 0 radical (unpaired) electrons. The third kappa shape index (κ3) is 2.82. The number of hydrogen-bond acceptors (Lipinski definition) is 1. The topological polar surface area (TPSA) is 17.1 Å². The van der Waals surface area contributed by atoms with Gasteiger partial charge in [0.05, 0.1) is 0 Å². The van der Waals surface area contributed by atoms with Crippen molar-refractivity contribution in [3.05, 3.63) is 70.3 Å². The quantitative estimate of drug-likeness (QED) is 0.723. The summed E-state index contributed by atoms with van der Waals surface area (Å²) >= 11 is 0. The van der Waals surface area contributed by atoms with Crippen molar-refractivity contribution < 1.29 is 4.79 Å². The first-order valence-corrected chi connectivity index (χ1v) is 7.45. The first-order valence-electron chi connectivity index (χ1n) is 7.45. The van der Waals surface area contributed by atoms with Gasteiger partial charge >= 0.3 is 0 Å². The van der Waals surface area contributed by atoms with E-state index in [0.29, 0.717) is 0 Å². The lowest BCUT2D eigenvalue weighted by atomic mass is 9.89. The number of ketones is 1. The number of benzene rings is 2. The Morgan fingerprint density at radius 1 is 0.850 bits per heavy atom. The lowest BCUT2D eigenvalue weighted by Gasteiger charge is -2.14. The lowest BCUT2D eigenvalue weighted by Crippen LogP contribution is -2.10. The van der Waals surface area contributed by atoms with Crippen LogP contribution in [-0.4, -0.2) is 5.78 Å². The Morgan fingerprint density at radius 2 is 1.40 bits per heavy atom. The fourth-order valence-electron chi connectivity index (χ4n) is 2.63. The molecule has 2 rings (SSSR count). The number of hydrogen-bond donors (Lipinski definition) is 0. The van der Waals surface area contributed by atoms with E-state index in [0.717, 1.165) is 30.4 Å². The second-order valence-electron chi connectivity index (χ2n) is 5.04. The van der Waals surface area contributed by atoms with E-state index in [2.05, 4.69) is 32.9 Å². The zero-order valence-electron chi connectivity index (χ0n) is 12.6. The fraction of sp³-hybridized carbons (Fsp3) is 0.316. The summed E-state index contributed by atoms with van der Waals surface area (Å²) in [5.41, 5.74) is 5.37. The van der Waals surface area contributed by atoms with Crippen molar-refractivity contribution in [1.82, 2.24) is 0 Å². The molecule has 0 aliphatic heterocycles. The molecule has 0 N–H and O–H groups in total. The Labute approximate surface area is 121 Å². The molecule has 0 unspecified atom stereocenters. The maximum atomic E-state index is 12.8. The van der Waals surface area contributed by atoms with E-state index < -0.39 is 0 Å². The van der Waals surface area contributed by atoms with Gasteiger partial charge in [0.2, 0.25) is 0 Å². The van der Waals surface area contributed by atoms with E-state index >= 15 is 0 Å². The molecule has 20 heavy (non-hydrogen) atoms. The van der Waals surface area contributed by atoms with Gasteiger partial charge in [0.25, 0.3) is 0 Å². The molecular weight excluding hydrogens is 244 g/mol. The Bertz CT molecular complexity index is 571. The van der Waals surface area contributed by atoms with Crippen molar-refractivity contribution in [2.24, 2.45) is 0 Å². The van der Waals surface area contributed by atoms with Gasteiger partial charge < -0.3 is 0 Å². The normalized spacial score (nSPS) is 10.6. The third-order valence-corrected chi connectivity index (χ3v) is 3.79. The van der Waals surface area contributed by atoms with Gasteiger partial charge in [-0.15, -0.1) is 0 Å². The van der Waals surface area contributed by atoms with Crippen molar-refractivity contribution in [3.63, 3.8) is 0 Å². The average Bonchev–Trinajstić information content (AvgIpc) is 2.53. The second-order valence-corrected chi connectivity index (χ2v) is 5.04. The molecule has 1 heteroatoms. The highest BCUT2D eigenvalue weighted by Crippen LogP contribution is 2.23. The van der Waals surface area contributed by atoms with Crippen LogP contribution in [0.2, 0.25) is 0 Å². The minimum atomic E-state index is 0.155. The van der Waals surface area contributed by atoms with Crippen molar-refractivity contribution >= 4 is 5.78 Å². The molecule has 0 bridgehead atoms. The van der Waals surface area contributed by atoms with Gasteiger partial charge in [0.1, 0.15) is 0 Å². The molecule has 0 saturated carbocycles. The van der Waals surface area contributed by atoms with Crippen LogP contribution in [0.3, 0.4) is 0 Å². The van der Waals surface area contributed by atoms with E-state index in [9.17, 15) is 4.79 Å². The first kappa shape index (κ1) is 14.5. The van der Waals surface area contributed by atoms with Crippen LogP contribution in [0.25, 0.3) is 0 Å². The minimum absolute atomic E-state index is 0.155. The zero-order chi connectivity index (χ0) is 14.5. The van der Waals surface area contributed by atoms with E-state index in [1.54, 1.807) is 0 Å². The second kappa shape index (κ2) is 6.51. The van der Waals surface area contributed by atoms with Gasteiger partial charge in [-0.3, -0.25) is 4.79 Å². The minimum Gasteiger partial charge on any atom is -0.289 e. The van der Waals surface area contributed by atoms with Crippen LogP contribution in [0.4, 0.5) is 0 Å².